The van der Waals surface area contributed by atoms with E-state index in [0.717, 1.165) is 17.7 Å². The van der Waals surface area contributed by atoms with E-state index in [2.05, 4.69) is 6.92 Å². The molecule has 0 spiro atoms. The number of rotatable bonds is 2. The van der Waals surface area contributed by atoms with Gasteiger partial charge in [0, 0.05) is 24.6 Å². The smallest absolute Gasteiger partial charge is 0.328 e. The maximum Gasteiger partial charge on any atom is 0.328 e. The first-order valence-electron chi connectivity index (χ1n) is 9.50. The molecule has 26 heavy (non-hydrogen) atoms. The fourth-order valence-corrected chi connectivity index (χ4v) is 6.09. The van der Waals surface area contributed by atoms with Crippen LogP contribution in [0, 0.1) is 11.8 Å². The van der Waals surface area contributed by atoms with E-state index < -0.39 is 11.8 Å². The topological polar surface area (TPSA) is 70.1 Å². The van der Waals surface area contributed by atoms with Crippen molar-refractivity contribution in [3.63, 3.8) is 0 Å². The number of nitrogens with zero attached hydrogens (tertiary/aromatic N) is 2. The van der Waals surface area contributed by atoms with Crippen LogP contribution in [0.5, 0.6) is 0 Å². The predicted octanol–water partition coefficient (Wildman–Crippen LogP) is 1.48. The molecule has 0 unspecified atom stereocenters. The first kappa shape index (κ1) is 16.1. The highest BCUT2D eigenvalue weighted by molar-refractivity contribution is 5.88. The predicted molar refractivity (Wildman–Crippen MR) is 94.4 cm³/mol. The van der Waals surface area contributed by atoms with Crippen LogP contribution in [0.1, 0.15) is 37.7 Å². The Labute approximate surface area is 152 Å². The largest absolute Gasteiger partial charge is 0.467 e. The summed E-state index contributed by atoms with van der Waals surface area (Å²) in [5, 5.41) is 11.9. The molecule has 4 heterocycles. The van der Waals surface area contributed by atoms with Gasteiger partial charge in [-0.2, -0.15) is 0 Å². The van der Waals surface area contributed by atoms with E-state index in [1.165, 1.54) is 7.11 Å². The second-order valence-electron chi connectivity index (χ2n) is 8.07. The average molecular weight is 356 g/mol. The number of carbonyl (C=O) groups excluding carboxylic acids is 2. The molecule has 1 N–H and O–H groups in total. The van der Waals surface area contributed by atoms with Gasteiger partial charge in [0.1, 0.15) is 6.04 Å². The number of fused-ring (bicyclic) bond motifs is 4. The first-order chi connectivity index (χ1) is 12.5. The second kappa shape index (κ2) is 5.22. The number of anilines is 1. The van der Waals surface area contributed by atoms with Crippen LogP contribution in [-0.2, 0) is 14.3 Å². The maximum atomic E-state index is 12.9. The van der Waals surface area contributed by atoms with Crippen LogP contribution in [0.4, 0.5) is 5.69 Å². The third-order valence-corrected chi connectivity index (χ3v) is 7.22. The zero-order valence-electron chi connectivity index (χ0n) is 15.1. The Bertz CT molecular complexity index is 796. The normalized spacial score (nSPS) is 39.7. The molecule has 1 aromatic rings. The van der Waals surface area contributed by atoms with Crippen molar-refractivity contribution in [1.29, 1.82) is 0 Å². The highest BCUT2D eigenvalue weighted by atomic mass is 16.5. The first-order valence-corrected chi connectivity index (χ1v) is 9.50. The Morgan fingerprint density at radius 1 is 1.38 bits per heavy atom. The molecule has 0 saturated carbocycles. The number of methoxy groups -OCH3 is 1. The van der Waals surface area contributed by atoms with Crippen LogP contribution in [0.25, 0.3) is 0 Å². The van der Waals surface area contributed by atoms with Crippen molar-refractivity contribution in [2.45, 2.75) is 49.9 Å². The van der Waals surface area contributed by atoms with E-state index in [-0.39, 0.29) is 42.1 Å². The summed E-state index contributed by atoms with van der Waals surface area (Å²) in [6.45, 7) is 2.73. The number of piperidine rings is 3. The zero-order chi connectivity index (χ0) is 18.2. The maximum absolute atomic E-state index is 12.9. The standard InChI is InChI=1S/C20H24N2O4/c1-3-11-10-21-16-8-13(11)18(19(24)26-2)22-15-7-5-4-6-12(15)14(9-17(21)23)20(16,22)25/h4-7,11,13-14,16,18,25H,3,8-10H2,1-2H3/t11-,13+,14-,16+,18-,20-/m1/s1. The van der Waals surface area contributed by atoms with E-state index in [4.69, 9.17) is 4.74 Å². The molecule has 6 heteroatoms. The number of benzene rings is 1. The molecule has 3 saturated heterocycles. The van der Waals surface area contributed by atoms with Crippen molar-refractivity contribution < 1.29 is 19.4 Å². The molecule has 5 rings (SSSR count). The SMILES string of the molecule is CC[C@@H]1CN2C(=O)C[C@@H]3c4ccccc4N4[C@@H](C(=O)OC)[C@H]1C[C@H]2[C@]34O. The number of amides is 1. The lowest BCUT2D eigenvalue weighted by Gasteiger charge is -2.63. The van der Waals surface area contributed by atoms with Gasteiger partial charge in [-0.05, 0) is 29.9 Å². The van der Waals surface area contributed by atoms with Gasteiger partial charge in [-0.1, -0.05) is 31.5 Å². The van der Waals surface area contributed by atoms with E-state index in [1.54, 1.807) is 0 Å². The van der Waals surface area contributed by atoms with Crippen molar-refractivity contribution in [3.05, 3.63) is 29.8 Å². The Hall–Kier alpha value is -2.08. The molecule has 0 radical (unpaired) electrons. The van der Waals surface area contributed by atoms with E-state index in [9.17, 15) is 14.7 Å². The summed E-state index contributed by atoms with van der Waals surface area (Å²) in [5.74, 6) is -0.158. The molecule has 4 aliphatic heterocycles. The van der Waals surface area contributed by atoms with E-state index >= 15 is 0 Å². The monoisotopic (exact) mass is 356 g/mol. The molecule has 4 aliphatic rings. The molecular formula is C20H24N2O4. The number of ether oxygens (including phenoxy) is 1. The molecule has 1 amide bonds. The Balaban J connectivity index is 1.75. The van der Waals surface area contributed by atoms with Gasteiger partial charge in [-0.25, -0.2) is 4.79 Å². The molecule has 0 aliphatic carbocycles. The Morgan fingerprint density at radius 3 is 2.88 bits per heavy atom. The molecular weight excluding hydrogens is 332 g/mol. The van der Waals surface area contributed by atoms with Crippen molar-refractivity contribution in [2.75, 3.05) is 18.6 Å². The number of para-hydroxylation sites is 1. The van der Waals surface area contributed by atoms with Crippen LogP contribution >= 0.6 is 0 Å². The number of carbonyl (C=O) groups is 2. The van der Waals surface area contributed by atoms with E-state index in [0.29, 0.717) is 13.0 Å². The molecule has 6 nitrogen and oxygen atoms in total. The van der Waals surface area contributed by atoms with Gasteiger partial charge in [0.15, 0.2) is 5.72 Å². The number of esters is 1. The van der Waals surface area contributed by atoms with Gasteiger partial charge in [-0.15, -0.1) is 0 Å². The van der Waals surface area contributed by atoms with Crippen LogP contribution in [-0.4, -0.2) is 53.3 Å². The summed E-state index contributed by atoms with van der Waals surface area (Å²) in [6.07, 6.45) is 1.84. The molecule has 3 fully saturated rings. The fraction of sp³-hybridized carbons (Fsp3) is 0.600. The summed E-state index contributed by atoms with van der Waals surface area (Å²) >= 11 is 0. The molecule has 0 aromatic heterocycles. The van der Waals surface area contributed by atoms with Crippen molar-refractivity contribution in [1.82, 2.24) is 4.90 Å². The summed E-state index contributed by atoms with van der Waals surface area (Å²) in [7, 11) is 1.42. The Kier molecular flexibility index (Phi) is 3.24. The number of hydrogen-bond acceptors (Lipinski definition) is 5. The van der Waals surface area contributed by atoms with E-state index in [1.807, 2.05) is 34.1 Å². The van der Waals surface area contributed by atoms with Gasteiger partial charge in [0.2, 0.25) is 5.91 Å². The summed E-state index contributed by atoms with van der Waals surface area (Å²) in [4.78, 5) is 29.5. The van der Waals surface area contributed by atoms with Gasteiger partial charge in [0.25, 0.3) is 0 Å². The fourth-order valence-electron chi connectivity index (χ4n) is 6.09. The summed E-state index contributed by atoms with van der Waals surface area (Å²) < 4.78 is 5.17. The minimum absolute atomic E-state index is 0.0756. The van der Waals surface area contributed by atoms with Crippen molar-refractivity contribution in [2.24, 2.45) is 11.8 Å². The van der Waals surface area contributed by atoms with Crippen LogP contribution < -0.4 is 4.90 Å². The van der Waals surface area contributed by atoms with Crippen molar-refractivity contribution in [3.8, 4) is 0 Å². The lowest BCUT2D eigenvalue weighted by molar-refractivity contribution is -0.184. The average Bonchev–Trinajstić information content (AvgIpc) is 2.91. The zero-order valence-corrected chi connectivity index (χ0v) is 15.1. The van der Waals surface area contributed by atoms with Crippen LogP contribution in [0.15, 0.2) is 24.3 Å². The van der Waals surface area contributed by atoms with Gasteiger partial charge >= 0.3 is 5.97 Å². The quantitative estimate of drug-likeness (QED) is 0.813. The lowest BCUT2D eigenvalue weighted by Crippen LogP contribution is -2.78. The molecule has 6 atom stereocenters. The number of hydrogen-bond donors (Lipinski definition) is 1. The second-order valence-corrected chi connectivity index (χ2v) is 8.07. The van der Waals surface area contributed by atoms with Crippen LogP contribution in [0.3, 0.4) is 0 Å². The Morgan fingerprint density at radius 2 is 2.15 bits per heavy atom. The highest BCUT2D eigenvalue weighted by Crippen LogP contribution is 2.60. The molecule has 2 bridgehead atoms. The summed E-state index contributed by atoms with van der Waals surface area (Å²) in [5.41, 5.74) is 0.611. The lowest BCUT2D eigenvalue weighted by atomic mass is 9.65. The van der Waals surface area contributed by atoms with Crippen LogP contribution in [0.2, 0.25) is 0 Å². The highest BCUT2D eigenvalue weighted by Gasteiger charge is 2.69. The third kappa shape index (κ3) is 1.71. The minimum Gasteiger partial charge on any atom is -0.467 e. The van der Waals surface area contributed by atoms with Gasteiger partial charge in [0.05, 0.1) is 13.2 Å². The molecule has 138 valence electrons. The third-order valence-electron chi connectivity index (χ3n) is 7.22. The van der Waals surface area contributed by atoms with Crippen molar-refractivity contribution >= 4 is 17.6 Å². The van der Waals surface area contributed by atoms with Gasteiger partial charge < -0.3 is 19.6 Å². The molecule has 1 aromatic carbocycles. The number of aliphatic hydroxyl groups is 1. The minimum atomic E-state index is -1.23. The summed E-state index contributed by atoms with van der Waals surface area (Å²) in [6, 6.07) is 7.02. The van der Waals surface area contributed by atoms with Gasteiger partial charge in [-0.3, -0.25) is 4.79 Å².